The summed E-state index contributed by atoms with van der Waals surface area (Å²) in [5.74, 6) is 1.99. The number of fused-ring (bicyclic) bond motifs is 4. The van der Waals surface area contributed by atoms with Crippen molar-refractivity contribution in [1.29, 1.82) is 0 Å². The molecule has 1 aliphatic heterocycles. The Balaban J connectivity index is 1.62. The molecule has 0 unspecified atom stereocenters. The zero-order valence-electron chi connectivity index (χ0n) is 20.6. The molecule has 3 heterocycles. The Labute approximate surface area is 210 Å². The molecule has 1 aliphatic carbocycles. The van der Waals surface area contributed by atoms with Gasteiger partial charge in [0, 0.05) is 37.8 Å². The highest BCUT2D eigenvalue weighted by molar-refractivity contribution is 7.89. The number of aromatic nitrogens is 3. The number of amidine groups is 1. The second kappa shape index (κ2) is 8.86. The van der Waals surface area contributed by atoms with Crippen LogP contribution < -0.4 is 15.5 Å². The lowest BCUT2D eigenvalue weighted by Crippen LogP contribution is -2.55. The summed E-state index contributed by atoms with van der Waals surface area (Å²) in [6.45, 7) is 4.22. The van der Waals surface area contributed by atoms with Crippen molar-refractivity contribution in [1.82, 2.24) is 19.4 Å². The predicted molar refractivity (Wildman–Crippen MR) is 139 cm³/mol. The van der Waals surface area contributed by atoms with Gasteiger partial charge in [0.15, 0.2) is 5.84 Å². The number of sulfonamides is 1. The minimum absolute atomic E-state index is 0.0328. The van der Waals surface area contributed by atoms with Crippen LogP contribution in [0.3, 0.4) is 0 Å². The summed E-state index contributed by atoms with van der Waals surface area (Å²) in [4.78, 5) is 23.5. The molecule has 1 spiro atoms. The van der Waals surface area contributed by atoms with Crippen LogP contribution in [0.25, 0.3) is 11.0 Å². The maximum atomic E-state index is 12.5. The van der Waals surface area contributed by atoms with E-state index in [1.165, 1.54) is 12.1 Å². The van der Waals surface area contributed by atoms with Crippen molar-refractivity contribution in [3.8, 4) is 0 Å². The summed E-state index contributed by atoms with van der Waals surface area (Å²) in [6.07, 6.45) is 6.69. The number of carbonyl (C=O) groups is 1. The molecule has 3 aromatic rings. The number of nitrogens with one attached hydrogen (secondary N) is 1. The highest BCUT2D eigenvalue weighted by atomic mass is 32.2. The third kappa shape index (κ3) is 3.99. The predicted octanol–water partition coefficient (Wildman–Crippen LogP) is 3.11. The van der Waals surface area contributed by atoms with Crippen LogP contribution in [0, 0.1) is 0 Å². The Bertz CT molecular complexity index is 1460. The van der Waals surface area contributed by atoms with Crippen LogP contribution in [0.2, 0.25) is 0 Å². The van der Waals surface area contributed by atoms with Crippen LogP contribution in [0.4, 0.5) is 17.5 Å². The summed E-state index contributed by atoms with van der Waals surface area (Å²) in [5, 5.41) is 16.1. The van der Waals surface area contributed by atoms with Gasteiger partial charge in [-0.3, -0.25) is 9.36 Å². The van der Waals surface area contributed by atoms with Crippen molar-refractivity contribution in [3.63, 3.8) is 0 Å². The average molecular weight is 511 g/mol. The van der Waals surface area contributed by atoms with E-state index in [-0.39, 0.29) is 10.8 Å². The maximum absolute atomic E-state index is 12.5. The molecular weight excluding hydrogens is 480 g/mol. The molecule has 1 amide bonds. The van der Waals surface area contributed by atoms with Gasteiger partial charge in [0.1, 0.15) is 17.0 Å². The topological polar surface area (TPSA) is 139 Å². The standard InChI is InChI=1S/C24H30N8O3S/c1-4-31-20-14-17-15-26-23(27-18-8-10-19(11-9-18)36(25,34)35)28-21(17)32(20)24(12-6-5-7-13-24)22(29-31)30(3)16(2)33/h8-11,14-15H,4-7,12-13H2,1-3H3,(H2,25,34,35)(H,26,27,28). The summed E-state index contributed by atoms with van der Waals surface area (Å²) in [6, 6.07) is 8.16. The first-order chi connectivity index (χ1) is 17.1. The molecule has 1 fully saturated rings. The molecule has 3 N–H and O–H groups in total. The van der Waals surface area contributed by atoms with Crippen molar-refractivity contribution < 1.29 is 13.2 Å². The summed E-state index contributed by atoms with van der Waals surface area (Å²) in [5.41, 5.74) is 0.908. The zero-order valence-corrected chi connectivity index (χ0v) is 21.4. The molecule has 0 radical (unpaired) electrons. The lowest BCUT2D eigenvalue weighted by atomic mass is 9.79. The van der Waals surface area contributed by atoms with Gasteiger partial charge in [0.2, 0.25) is 21.9 Å². The Hall–Kier alpha value is -3.51. The van der Waals surface area contributed by atoms with E-state index >= 15 is 0 Å². The maximum Gasteiger partial charge on any atom is 0.238 e. The first-order valence-corrected chi connectivity index (χ1v) is 13.6. The number of likely N-dealkylation sites (N-methyl/N-ethyl adjacent to an activating group) is 1. The molecule has 11 nitrogen and oxygen atoms in total. The Morgan fingerprint density at radius 3 is 2.50 bits per heavy atom. The van der Waals surface area contributed by atoms with E-state index in [2.05, 4.69) is 14.9 Å². The molecule has 2 aromatic heterocycles. The number of amides is 1. The normalized spacial score (nSPS) is 17.1. The molecule has 1 saturated carbocycles. The second-order valence-electron chi connectivity index (χ2n) is 9.31. The number of carbonyl (C=O) groups excluding carboxylic acids is 1. The van der Waals surface area contributed by atoms with Crippen LogP contribution in [0.15, 0.2) is 46.5 Å². The second-order valence-corrected chi connectivity index (χ2v) is 10.9. The van der Waals surface area contributed by atoms with Gasteiger partial charge in [-0.15, -0.1) is 0 Å². The number of hydrogen-bond donors (Lipinski definition) is 2. The quantitative estimate of drug-likeness (QED) is 0.550. The van der Waals surface area contributed by atoms with Crippen molar-refractivity contribution in [2.45, 2.75) is 56.4 Å². The van der Waals surface area contributed by atoms with E-state index < -0.39 is 15.6 Å². The van der Waals surface area contributed by atoms with E-state index in [4.69, 9.17) is 15.2 Å². The zero-order chi connectivity index (χ0) is 25.7. The van der Waals surface area contributed by atoms with Crippen LogP contribution in [-0.2, 0) is 20.4 Å². The molecule has 0 bridgehead atoms. The number of nitrogens with zero attached hydrogens (tertiary/aromatic N) is 6. The number of primary sulfonamides is 1. The van der Waals surface area contributed by atoms with Crippen molar-refractivity contribution >= 4 is 50.3 Å². The van der Waals surface area contributed by atoms with E-state index in [0.29, 0.717) is 18.2 Å². The van der Waals surface area contributed by atoms with Gasteiger partial charge >= 0.3 is 0 Å². The fourth-order valence-electron chi connectivity index (χ4n) is 5.21. The molecule has 5 rings (SSSR count). The van der Waals surface area contributed by atoms with E-state index in [1.54, 1.807) is 37.2 Å². The van der Waals surface area contributed by atoms with Crippen molar-refractivity contribution in [2.75, 3.05) is 23.9 Å². The lowest BCUT2D eigenvalue weighted by Gasteiger charge is -2.47. The summed E-state index contributed by atoms with van der Waals surface area (Å²) in [7, 11) is -1.99. The van der Waals surface area contributed by atoms with Crippen LogP contribution in [0.1, 0.15) is 46.0 Å². The van der Waals surface area contributed by atoms with Crippen LogP contribution in [0.5, 0.6) is 0 Å². The number of hydrogen-bond acceptors (Lipinski definition) is 8. The molecule has 2 aliphatic rings. The lowest BCUT2D eigenvalue weighted by molar-refractivity contribution is -0.124. The fourth-order valence-corrected chi connectivity index (χ4v) is 5.72. The van der Waals surface area contributed by atoms with E-state index in [1.807, 2.05) is 18.0 Å². The third-order valence-electron chi connectivity index (χ3n) is 7.05. The third-order valence-corrected chi connectivity index (χ3v) is 7.98. The number of rotatable bonds is 4. The first kappa shape index (κ1) is 24.2. The fraction of sp³-hybridized carbons (Fsp3) is 0.417. The van der Waals surface area contributed by atoms with Gasteiger partial charge in [0.25, 0.3) is 0 Å². The number of hydrazone groups is 1. The van der Waals surface area contributed by atoms with Gasteiger partial charge < -0.3 is 10.2 Å². The number of anilines is 3. The van der Waals surface area contributed by atoms with Gasteiger partial charge in [-0.2, -0.15) is 10.1 Å². The smallest absolute Gasteiger partial charge is 0.238 e. The minimum atomic E-state index is -3.77. The van der Waals surface area contributed by atoms with Crippen LogP contribution in [-0.4, -0.2) is 53.2 Å². The van der Waals surface area contributed by atoms with Crippen LogP contribution >= 0.6 is 0 Å². The average Bonchev–Trinajstić information content (AvgIpc) is 3.24. The number of benzene rings is 1. The summed E-state index contributed by atoms with van der Waals surface area (Å²) < 4.78 is 25.4. The Kier molecular flexibility index (Phi) is 5.95. The van der Waals surface area contributed by atoms with Crippen molar-refractivity contribution in [3.05, 3.63) is 36.5 Å². The van der Waals surface area contributed by atoms with E-state index in [0.717, 1.165) is 54.8 Å². The number of nitrogens with two attached hydrogens (primary N) is 1. The highest BCUT2D eigenvalue weighted by Gasteiger charge is 2.47. The minimum Gasteiger partial charge on any atom is -0.324 e. The van der Waals surface area contributed by atoms with Gasteiger partial charge in [-0.05, 0) is 50.1 Å². The molecule has 36 heavy (non-hydrogen) atoms. The molecule has 0 atom stereocenters. The Morgan fingerprint density at radius 1 is 1.19 bits per heavy atom. The van der Waals surface area contributed by atoms with Gasteiger partial charge in [-0.25, -0.2) is 23.5 Å². The van der Waals surface area contributed by atoms with Crippen molar-refractivity contribution in [2.24, 2.45) is 10.2 Å². The molecule has 12 heteroatoms. The van der Waals surface area contributed by atoms with E-state index in [9.17, 15) is 13.2 Å². The molecular formula is C24H30N8O3S. The SMILES string of the molecule is CCN1N=C(N(C)C(C)=O)C2(CCCCC2)n2c1cc1cnc(Nc3ccc(S(N)(=O)=O)cc3)nc12. The monoisotopic (exact) mass is 510 g/mol. The van der Waals surface area contributed by atoms with Gasteiger partial charge in [0.05, 0.1) is 4.90 Å². The highest BCUT2D eigenvalue weighted by Crippen LogP contribution is 2.45. The molecule has 0 saturated heterocycles. The molecule has 1 aromatic carbocycles. The molecule has 190 valence electrons. The summed E-state index contributed by atoms with van der Waals surface area (Å²) >= 11 is 0. The van der Waals surface area contributed by atoms with Gasteiger partial charge in [-0.1, -0.05) is 19.3 Å². The largest absolute Gasteiger partial charge is 0.324 e. The Morgan fingerprint density at radius 2 is 1.89 bits per heavy atom. The first-order valence-electron chi connectivity index (χ1n) is 12.0.